The molecule has 1 unspecified atom stereocenters. The molecule has 0 aromatic carbocycles. The van der Waals surface area contributed by atoms with Crippen LogP contribution < -0.4 is 0 Å². The number of nitrogens with zero attached hydrogens (tertiary/aromatic N) is 1. The van der Waals surface area contributed by atoms with Crippen LogP contribution in [0.3, 0.4) is 0 Å². The summed E-state index contributed by atoms with van der Waals surface area (Å²) in [4.78, 5) is 31.4. The number of hydrogen-bond acceptors (Lipinski definition) is 3. The first-order valence-corrected chi connectivity index (χ1v) is 3.06. The molecule has 0 aliphatic heterocycles. The number of likely N-dealkylation sites (N-methyl/N-ethyl adjacent to an activating group) is 1. The number of carbonyl (C=O) groups is 3. The topological polar surface area (TPSA) is 74.7 Å². The minimum Gasteiger partial charge on any atom is -0.479 e. The van der Waals surface area contributed by atoms with Crippen LogP contribution in [0, 0.1) is 0 Å². The van der Waals surface area contributed by atoms with Crippen molar-refractivity contribution >= 4 is 18.7 Å². The summed E-state index contributed by atoms with van der Waals surface area (Å²) in [6.45, 7) is 1.80. The van der Waals surface area contributed by atoms with Gasteiger partial charge in [-0.05, 0) is 6.92 Å². The molecule has 0 radical (unpaired) electrons. The van der Waals surface area contributed by atoms with Crippen LogP contribution in [0.25, 0.3) is 0 Å². The normalized spacial score (nSPS) is 11.7. The number of carboxylic acids is 1. The molecule has 0 bridgehead atoms. The second-order valence-corrected chi connectivity index (χ2v) is 1.86. The van der Waals surface area contributed by atoms with Gasteiger partial charge in [0.05, 0.1) is 0 Å². The maximum absolute atomic E-state index is 10.3. The van der Waals surface area contributed by atoms with Crippen molar-refractivity contribution in [2.75, 3.05) is 6.54 Å². The second kappa shape index (κ2) is 4.43. The fourth-order valence-electron chi connectivity index (χ4n) is 0.615. The van der Waals surface area contributed by atoms with E-state index < -0.39 is 12.0 Å². The highest BCUT2D eigenvalue weighted by Crippen LogP contribution is 1.92. The second-order valence-electron chi connectivity index (χ2n) is 1.86. The molecule has 5 heteroatoms. The van der Waals surface area contributed by atoms with Crippen LogP contribution in [0.5, 0.6) is 0 Å². The summed E-state index contributed by atoms with van der Waals surface area (Å²) >= 11 is 0. The number of carboxylic acid groups (broad SMARTS) is 1. The Bertz CT molecular complexity index is 168. The Morgan fingerprint density at radius 3 is 2.27 bits per heavy atom. The fourth-order valence-corrected chi connectivity index (χ4v) is 0.615. The number of carbonyl (C=O) groups excluding carboxylic acids is 2. The molecule has 0 aliphatic rings. The van der Waals surface area contributed by atoms with E-state index >= 15 is 0 Å². The van der Waals surface area contributed by atoms with Gasteiger partial charge < -0.3 is 14.8 Å². The van der Waals surface area contributed by atoms with Gasteiger partial charge in [-0.2, -0.15) is 0 Å². The van der Waals surface area contributed by atoms with Crippen LogP contribution in [0.1, 0.15) is 6.92 Å². The highest BCUT2D eigenvalue weighted by Gasteiger charge is 2.21. The molecule has 0 fully saturated rings. The van der Waals surface area contributed by atoms with E-state index in [9.17, 15) is 14.4 Å². The summed E-state index contributed by atoms with van der Waals surface area (Å²) in [5.41, 5.74) is 0. The average molecular weight is 159 g/mol. The van der Waals surface area contributed by atoms with Gasteiger partial charge in [-0.3, -0.25) is 4.79 Å². The van der Waals surface area contributed by atoms with Crippen LogP contribution in [0.15, 0.2) is 0 Å². The summed E-state index contributed by atoms with van der Waals surface area (Å²) in [6, 6.07) is -1.35. The monoisotopic (exact) mass is 159 g/mol. The minimum absolute atomic E-state index is 0.208. The number of hydrogen-bond donors (Lipinski definition) is 1. The van der Waals surface area contributed by atoms with E-state index in [4.69, 9.17) is 5.11 Å². The van der Waals surface area contributed by atoms with Crippen molar-refractivity contribution < 1.29 is 19.5 Å². The maximum Gasteiger partial charge on any atom is 0.333 e. The predicted octanol–water partition coefficient (Wildman–Crippen LogP) is -0.883. The van der Waals surface area contributed by atoms with Crippen molar-refractivity contribution in [3.05, 3.63) is 0 Å². The largest absolute Gasteiger partial charge is 0.479 e. The molecule has 0 saturated heterocycles. The molecule has 11 heavy (non-hydrogen) atoms. The Morgan fingerprint density at radius 2 is 2.18 bits per heavy atom. The van der Waals surface area contributed by atoms with E-state index in [1.807, 2.05) is 0 Å². The van der Waals surface area contributed by atoms with Crippen LogP contribution in [-0.4, -0.2) is 41.3 Å². The van der Waals surface area contributed by atoms with Gasteiger partial charge in [0.1, 0.15) is 0 Å². The Balaban J connectivity index is 4.32. The first-order valence-electron chi connectivity index (χ1n) is 3.06. The molecular formula is C6H9NO4. The summed E-state index contributed by atoms with van der Waals surface area (Å²) < 4.78 is 0. The molecular weight excluding hydrogens is 150 g/mol. The first-order chi connectivity index (χ1) is 5.17. The molecule has 1 amide bonds. The van der Waals surface area contributed by atoms with Gasteiger partial charge >= 0.3 is 5.97 Å². The standard InChI is InChI=1S/C6H9NO4/c1-2-7(4-9)5(3-8)6(10)11/h3-5H,2H2,1H3,(H,10,11). The number of aliphatic carboxylic acids is 1. The van der Waals surface area contributed by atoms with Gasteiger partial charge in [-0.15, -0.1) is 0 Å². The minimum atomic E-state index is -1.35. The average Bonchev–Trinajstić information content (AvgIpc) is 1.99. The van der Waals surface area contributed by atoms with Crippen molar-refractivity contribution in [1.29, 1.82) is 0 Å². The van der Waals surface area contributed by atoms with Crippen LogP contribution in [0.4, 0.5) is 0 Å². The lowest BCUT2D eigenvalue weighted by Gasteiger charge is -2.17. The molecule has 5 nitrogen and oxygen atoms in total. The van der Waals surface area contributed by atoms with E-state index in [2.05, 4.69) is 0 Å². The van der Waals surface area contributed by atoms with Crippen LogP contribution in [-0.2, 0) is 14.4 Å². The highest BCUT2D eigenvalue weighted by molar-refractivity contribution is 5.92. The van der Waals surface area contributed by atoms with E-state index in [0.29, 0.717) is 6.41 Å². The van der Waals surface area contributed by atoms with Gasteiger partial charge in [-0.1, -0.05) is 0 Å². The van der Waals surface area contributed by atoms with Crippen molar-refractivity contribution in [3.63, 3.8) is 0 Å². The summed E-state index contributed by atoms with van der Waals surface area (Å²) in [5, 5.41) is 8.37. The van der Waals surface area contributed by atoms with Crippen LogP contribution >= 0.6 is 0 Å². The smallest absolute Gasteiger partial charge is 0.333 e. The molecule has 0 heterocycles. The molecule has 0 saturated carbocycles. The van der Waals surface area contributed by atoms with Gasteiger partial charge in [0.15, 0.2) is 12.3 Å². The lowest BCUT2D eigenvalue weighted by molar-refractivity contribution is -0.148. The Labute approximate surface area is 63.6 Å². The quantitative estimate of drug-likeness (QED) is 0.417. The number of amides is 1. The van der Waals surface area contributed by atoms with E-state index in [1.54, 1.807) is 6.92 Å². The zero-order chi connectivity index (χ0) is 8.85. The molecule has 1 atom stereocenters. The number of rotatable bonds is 5. The van der Waals surface area contributed by atoms with Gasteiger partial charge in [0, 0.05) is 6.54 Å². The fraction of sp³-hybridized carbons (Fsp3) is 0.500. The Hall–Kier alpha value is -1.39. The Morgan fingerprint density at radius 1 is 1.64 bits per heavy atom. The SMILES string of the molecule is CCN(C=O)C(C=O)C(=O)O. The highest BCUT2D eigenvalue weighted by atomic mass is 16.4. The maximum atomic E-state index is 10.3. The third-order valence-corrected chi connectivity index (χ3v) is 1.24. The predicted molar refractivity (Wildman–Crippen MR) is 35.9 cm³/mol. The van der Waals surface area contributed by atoms with Crippen molar-refractivity contribution in [1.82, 2.24) is 4.90 Å². The van der Waals surface area contributed by atoms with Gasteiger partial charge in [0.2, 0.25) is 6.41 Å². The molecule has 62 valence electrons. The Kier molecular flexibility index (Phi) is 3.87. The summed E-state index contributed by atoms with van der Waals surface area (Å²) in [7, 11) is 0. The van der Waals surface area contributed by atoms with Gasteiger partial charge in [0.25, 0.3) is 0 Å². The molecule has 0 aliphatic carbocycles. The molecule has 0 rings (SSSR count). The van der Waals surface area contributed by atoms with E-state index in [1.165, 1.54) is 0 Å². The summed E-state index contributed by atoms with van der Waals surface area (Å²) in [6.07, 6.45) is 0.563. The van der Waals surface area contributed by atoms with Crippen molar-refractivity contribution in [2.45, 2.75) is 13.0 Å². The van der Waals surface area contributed by atoms with E-state index in [0.717, 1.165) is 4.90 Å². The lowest BCUT2D eigenvalue weighted by Crippen LogP contribution is -2.41. The first kappa shape index (κ1) is 9.61. The molecule has 0 spiro atoms. The molecule has 0 aromatic heterocycles. The third-order valence-electron chi connectivity index (χ3n) is 1.24. The molecule has 1 N–H and O–H groups in total. The van der Waals surface area contributed by atoms with Crippen molar-refractivity contribution in [3.8, 4) is 0 Å². The third kappa shape index (κ3) is 2.37. The van der Waals surface area contributed by atoms with Crippen LogP contribution in [0.2, 0.25) is 0 Å². The number of aldehydes is 1. The van der Waals surface area contributed by atoms with E-state index in [-0.39, 0.29) is 12.8 Å². The zero-order valence-corrected chi connectivity index (χ0v) is 6.06. The van der Waals surface area contributed by atoms with Crippen molar-refractivity contribution in [2.24, 2.45) is 0 Å². The lowest BCUT2D eigenvalue weighted by atomic mass is 10.3. The zero-order valence-electron chi connectivity index (χ0n) is 6.06. The van der Waals surface area contributed by atoms with Gasteiger partial charge in [-0.25, -0.2) is 4.79 Å². The summed E-state index contributed by atoms with van der Waals surface area (Å²) in [5.74, 6) is -1.31. The molecule has 0 aromatic rings.